The van der Waals surface area contributed by atoms with E-state index in [1.807, 2.05) is 0 Å². The Morgan fingerprint density at radius 3 is 2.40 bits per heavy atom. The van der Waals surface area contributed by atoms with Crippen LogP contribution < -0.4 is 10.6 Å². The highest BCUT2D eigenvalue weighted by Gasteiger charge is 2.14. The molecule has 0 atom stereocenters. The zero-order valence-electron chi connectivity index (χ0n) is 16.0. The highest BCUT2D eigenvalue weighted by molar-refractivity contribution is 6.04. The number of methoxy groups -OCH3 is 1. The van der Waals surface area contributed by atoms with Crippen LogP contribution >= 0.6 is 0 Å². The molecule has 0 saturated carbocycles. The van der Waals surface area contributed by atoms with Crippen LogP contribution in [0.1, 0.15) is 36.6 Å². The number of anilines is 1. The zero-order valence-corrected chi connectivity index (χ0v) is 16.0. The first-order valence-corrected chi connectivity index (χ1v) is 8.94. The lowest BCUT2D eigenvalue weighted by atomic mass is 10.1. The molecule has 0 radical (unpaired) electrons. The standard InChI is InChI=1S/C22H18FN3O4/c1-30-22(29)16-10-14(13-25-21(28)18-4-2-3-5-19(18)23)11-17(12-16)26-20(27)15-6-8-24-9-7-15/h2-12H,13H2,1H3,(H,25,28)(H,26,27). The molecule has 3 rings (SSSR count). The molecule has 0 aliphatic carbocycles. The van der Waals surface area contributed by atoms with Gasteiger partial charge >= 0.3 is 5.97 Å². The normalized spacial score (nSPS) is 10.2. The van der Waals surface area contributed by atoms with Crippen molar-refractivity contribution in [2.24, 2.45) is 0 Å². The summed E-state index contributed by atoms with van der Waals surface area (Å²) in [7, 11) is 1.24. The van der Waals surface area contributed by atoms with Crippen LogP contribution in [0.3, 0.4) is 0 Å². The number of pyridine rings is 1. The average molecular weight is 407 g/mol. The van der Waals surface area contributed by atoms with E-state index in [1.54, 1.807) is 24.3 Å². The second kappa shape index (κ2) is 9.42. The molecule has 152 valence electrons. The first-order chi connectivity index (χ1) is 14.5. The van der Waals surface area contributed by atoms with Crippen LogP contribution in [-0.4, -0.2) is 29.9 Å². The van der Waals surface area contributed by atoms with Crippen molar-refractivity contribution in [3.8, 4) is 0 Å². The van der Waals surface area contributed by atoms with Gasteiger partial charge in [0, 0.05) is 30.2 Å². The summed E-state index contributed by atoms with van der Waals surface area (Å²) in [6.45, 7) is 0.0100. The quantitative estimate of drug-likeness (QED) is 0.612. The lowest BCUT2D eigenvalue weighted by Crippen LogP contribution is -2.24. The molecule has 30 heavy (non-hydrogen) atoms. The Labute approximate surface area is 171 Å². The second-order valence-electron chi connectivity index (χ2n) is 6.26. The Hall–Kier alpha value is -4.07. The molecule has 0 saturated heterocycles. The molecule has 1 aromatic heterocycles. The molecule has 0 fully saturated rings. The van der Waals surface area contributed by atoms with Crippen LogP contribution in [0.5, 0.6) is 0 Å². The number of rotatable bonds is 6. The number of aromatic nitrogens is 1. The molecular weight excluding hydrogens is 389 g/mol. The van der Waals surface area contributed by atoms with Crippen LogP contribution in [0.2, 0.25) is 0 Å². The molecule has 0 unspecified atom stereocenters. The van der Waals surface area contributed by atoms with Gasteiger partial charge in [-0.15, -0.1) is 0 Å². The minimum absolute atomic E-state index is 0.0100. The smallest absolute Gasteiger partial charge is 0.337 e. The third-order valence-electron chi connectivity index (χ3n) is 4.19. The van der Waals surface area contributed by atoms with E-state index in [0.717, 1.165) is 0 Å². The molecule has 0 aliphatic heterocycles. The number of carbonyl (C=O) groups excluding carboxylic acids is 3. The summed E-state index contributed by atoms with van der Waals surface area (Å²) in [6, 6.07) is 13.3. The maximum Gasteiger partial charge on any atom is 0.337 e. The number of nitrogens with zero attached hydrogens (tertiary/aromatic N) is 1. The third kappa shape index (κ3) is 5.05. The van der Waals surface area contributed by atoms with Gasteiger partial charge in [-0.05, 0) is 48.0 Å². The van der Waals surface area contributed by atoms with E-state index in [1.165, 1.54) is 49.8 Å². The van der Waals surface area contributed by atoms with Gasteiger partial charge in [0.15, 0.2) is 0 Å². The first kappa shape index (κ1) is 20.7. The number of hydrogen-bond acceptors (Lipinski definition) is 5. The number of esters is 1. The number of benzene rings is 2. The van der Waals surface area contributed by atoms with Crippen LogP contribution in [-0.2, 0) is 11.3 Å². The molecule has 8 heteroatoms. The zero-order chi connectivity index (χ0) is 21.5. The summed E-state index contributed by atoms with van der Waals surface area (Å²) in [5.74, 6) is -2.22. The third-order valence-corrected chi connectivity index (χ3v) is 4.19. The Bertz CT molecular complexity index is 1090. The van der Waals surface area contributed by atoms with E-state index in [-0.39, 0.29) is 23.6 Å². The number of halogens is 1. The first-order valence-electron chi connectivity index (χ1n) is 8.94. The number of carbonyl (C=O) groups is 3. The van der Waals surface area contributed by atoms with E-state index in [2.05, 4.69) is 15.6 Å². The van der Waals surface area contributed by atoms with E-state index >= 15 is 0 Å². The largest absolute Gasteiger partial charge is 0.465 e. The number of ether oxygens (including phenoxy) is 1. The van der Waals surface area contributed by atoms with Crippen molar-refractivity contribution in [1.82, 2.24) is 10.3 Å². The van der Waals surface area contributed by atoms with Gasteiger partial charge in [0.1, 0.15) is 5.82 Å². The van der Waals surface area contributed by atoms with Crippen LogP contribution in [0, 0.1) is 5.82 Å². The maximum atomic E-state index is 13.8. The molecule has 3 aromatic rings. The van der Waals surface area contributed by atoms with Gasteiger partial charge in [-0.3, -0.25) is 14.6 Å². The van der Waals surface area contributed by atoms with E-state index in [4.69, 9.17) is 4.74 Å². The SMILES string of the molecule is COC(=O)c1cc(CNC(=O)c2ccccc2F)cc(NC(=O)c2ccncc2)c1. The van der Waals surface area contributed by atoms with E-state index in [0.29, 0.717) is 16.8 Å². The van der Waals surface area contributed by atoms with Crippen molar-refractivity contribution in [3.05, 3.63) is 95.1 Å². The summed E-state index contributed by atoms with van der Waals surface area (Å²) in [5.41, 5.74) is 1.36. The fourth-order valence-electron chi connectivity index (χ4n) is 2.73. The van der Waals surface area contributed by atoms with E-state index < -0.39 is 17.7 Å². The van der Waals surface area contributed by atoms with Gasteiger partial charge in [-0.2, -0.15) is 0 Å². The Morgan fingerprint density at radius 1 is 0.967 bits per heavy atom. The topological polar surface area (TPSA) is 97.4 Å². The van der Waals surface area contributed by atoms with Gasteiger partial charge in [-0.25, -0.2) is 9.18 Å². The summed E-state index contributed by atoms with van der Waals surface area (Å²) in [6.07, 6.45) is 2.98. The van der Waals surface area contributed by atoms with Crippen molar-refractivity contribution in [1.29, 1.82) is 0 Å². The molecule has 2 N–H and O–H groups in total. The van der Waals surface area contributed by atoms with Crippen molar-refractivity contribution in [2.75, 3.05) is 12.4 Å². The average Bonchev–Trinajstić information content (AvgIpc) is 2.77. The molecule has 0 bridgehead atoms. The van der Waals surface area contributed by atoms with Crippen LogP contribution in [0.25, 0.3) is 0 Å². The van der Waals surface area contributed by atoms with Gasteiger partial charge in [0.2, 0.25) is 0 Å². The predicted molar refractivity (Wildman–Crippen MR) is 108 cm³/mol. The highest BCUT2D eigenvalue weighted by atomic mass is 19.1. The molecule has 0 spiro atoms. The minimum Gasteiger partial charge on any atom is -0.465 e. The van der Waals surface area contributed by atoms with Crippen LogP contribution in [0.15, 0.2) is 67.0 Å². The molecule has 2 aromatic carbocycles. The Kier molecular flexibility index (Phi) is 6.49. The van der Waals surface area contributed by atoms with Crippen molar-refractivity contribution in [3.63, 3.8) is 0 Å². The summed E-state index contributed by atoms with van der Waals surface area (Å²) in [4.78, 5) is 40.5. The minimum atomic E-state index is -0.636. The van der Waals surface area contributed by atoms with Crippen molar-refractivity contribution >= 4 is 23.5 Å². The lowest BCUT2D eigenvalue weighted by molar-refractivity contribution is 0.0600. The maximum absolute atomic E-state index is 13.8. The molecule has 0 aliphatic rings. The van der Waals surface area contributed by atoms with E-state index in [9.17, 15) is 18.8 Å². The number of hydrogen-bond donors (Lipinski definition) is 2. The van der Waals surface area contributed by atoms with Crippen LogP contribution in [0.4, 0.5) is 10.1 Å². The highest BCUT2D eigenvalue weighted by Crippen LogP contribution is 2.18. The second-order valence-corrected chi connectivity index (χ2v) is 6.26. The van der Waals surface area contributed by atoms with Gasteiger partial charge < -0.3 is 15.4 Å². The summed E-state index contributed by atoms with van der Waals surface area (Å²) >= 11 is 0. The predicted octanol–water partition coefficient (Wildman–Crippen LogP) is 3.19. The fourth-order valence-corrected chi connectivity index (χ4v) is 2.73. The van der Waals surface area contributed by atoms with Gasteiger partial charge in [-0.1, -0.05) is 12.1 Å². The number of nitrogens with one attached hydrogen (secondary N) is 2. The molecule has 1 heterocycles. The molecule has 7 nitrogen and oxygen atoms in total. The lowest BCUT2D eigenvalue weighted by Gasteiger charge is -2.11. The monoisotopic (exact) mass is 407 g/mol. The van der Waals surface area contributed by atoms with Gasteiger partial charge in [0.05, 0.1) is 18.2 Å². The molecule has 2 amide bonds. The Balaban J connectivity index is 1.80. The molecular formula is C22H18FN3O4. The fraction of sp³-hybridized carbons (Fsp3) is 0.0909. The number of amides is 2. The summed E-state index contributed by atoms with van der Waals surface area (Å²) in [5, 5.41) is 5.30. The van der Waals surface area contributed by atoms with Crippen molar-refractivity contribution < 1.29 is 23.5 Å². The van der Waals surface area contributed by atoms with Crippen molar-refractivity contribution in [2.45, 2.75) is 6.54 Å². The van der Waals surface area contributed by atoms with Gasteiger partial charge in [0.25, 0.3) is 11.8 Å². The Morgan fingerprint density at radius 2 is 1.70 bits per heavy atom. The summed E-state index contributed by atoms with van der Waals surface area (Å²) < 4.78 is 18.5.